The molecule has 0 aliphatic carbocycles. The number of rotatable bonds is 3. The monoisotopic (exact) mass is 402 g/mol. The summed E-state index contributed by atoms with van der Waals surface area (Å²) in [7, 11) is -2.37. The summed E-state index contributed by atoms with van der Waals surface area (Å²) in [5.41, 5.74) is 6.45. The minimum absolute atomic E-state index is 0.146. The number of nitrogens with one attached hydrogen (secondary N) is 1. The summed E-state index contributed by atoms with van der Waals surface area (Å²) in [6.45, 7) is 1.56. The fraction of sp³-hybridized carbons (Fsp3) is 0.278. The lowest BCUT2D eigenvalue weighted by molar-refractivity contribution is 0.458. The standard InChI is InChI=1S/C18H19FN6O2S/c1-18(10-28(26,27)25(2)17(20)24-18)12-8-14-15(9-13(12)19)23-16(22-14)7-11-5-3-4-6-21-11/h3-6,8-9H,7,10H2,1-2H3,(H2,20,24)(H,22,23)/t18-/m0/s1. The van der Waals surface area contributed by atoms with E-state index in [0.29, 0.717) is 23.3 Å². The number of nitrogens with zero attached hydrogens (tertiary/aromatic N) is 4. The molecule has 0 saturated carbocycles. The molecule has 3 aromatic rings. The van der Waals surface area contributed by atoms with E-state index < -0.39 is 21.4 Å². The summed E-state index contributed by atoms with van der Waals surface area (Å²) in [5.74, 6) is -0.500. The van der Waals surface area contributed by atoms with Gasteiger partial charge in [-0.2, -0.15) is 0 Å². The van der Waals surface area contributed by atoms with Crippen molar-refractivity contribution < 1.29 is 12.8 Å². The molecule has 0 spiro atoms. The molecule has 2 aromatic heterocycles. The third kappa shape index (κ3) is 3.09. The molecule has 1 aromatic carbocycles. The van der Waals surface area contributed by atoms with Crippen LogP contribution in [0.25, 0.3) is 11.0 Å². The van der Waals surface area contributed by atoms with Crippen molar-refractivity contribution in [2.24, 2.45) is 10.7 Å². The number of benzene rings is 1. The number of hydrogen-bond donors (Lipinski definition) is 2. The van der Waals surface area contributed by atoms with E-state index in [1.54, 1.807) is 19.2 Å². The average Bonchev–Trinajstić information content (AvgIpc) is 3.00. The lowest BCUT2D eigenvalue weighted by Crippen LogP contribution is -2.50. The molecule has 0 amide bonds. The number of guanidine groups is 1. The zero-order valence-electron chi connectivity index (χ0n) is 15.3. The first-order valence-electron chi connectivity index (χ1n) is 8.58. The normalized spacial score (nSPS) is 21.7. The Morgan fingerprint density at radius 2 is 2.14 bits per heavy atom. The van der Waals surface area contributed by atoms with Gasteiger partial charge in [-0.15, -0.1) is 0 Å². The molecule has 1 aliphatic rings. The fourth-order valence-corrected chi connectivity index (χ4v) is 4.79. The van der Waals surface area contributed by atoms with Gasteiger partial charge in [0, 0.05) is 37.0 Å². The Bertz CT molecular complexity index is 1190. The lowest BCUT2D eigenvalue weighted by atomic mass is 9.93. The Morgan fingerprint density at radius 3 is 2.82 bits per heavy atom. The van der Waals surface area contributed by atoms with Gasteiger partial charge in [0.25, 0.3) is 0 Å². The second-order valence-corrected chi connectivity index (χ2v) is 9.00. The minimum atomic E-state index is -3.70. The predicted octanol–water partition coefficient (Wildman–Crippen LogP) is 1.49. The maximum Gasteiger partial charge on any atom is 0.239 e. The van der Waals surface area contributed by atoms with Crippen LogP contribution < -0.4 is 5.73 Å². The van der Waals surface area contributed by atoms with Crippen LogP contribution in [0.2, 0.25) is 0 Å². The number of halogens is 1. The third-order valence-electron chi connectivity index (χ3n) is 4.84. The number of fused-ring (bicyclic) bond motifs is 1. The van der Waals surface area contributed by atoms with Gasteiger partial charge in [0.2, 0.25) is 16.0 Å². The van der Waals surface area contributed by atoms with Gasteiger partial charge in [0.05, 0.1) is 16.8 Å². The molecule has 10 heteroatoms. The quantitative estimate of drug-likeness (QED) is 0.688. The van der Waals surface area contributed by atoms with Gasteiger partial charge in [0.1, 0.15) is 17.2 Å². The van der Waals surface area contributed by atoms with Crippen molar-refractivity contribution in [1.29, 1.82) is 0 Å². The van der Waals surface area contributed by atoms with Crippen LogP contribution in [0.4, 0.5) is 4.39 Å². The largest absolute Gasteiger partial charge is 0.369 e. The molecule has 4 rings (SSSR count). The number of aromatic amines is 1. The zero-order valence-corrected chi connectivity index (χ0v) is 16.2. The van der Waals surface area contributed by atoms with Crippen LogP contribution in [0.5, 0.6) is 0 Å². The number of H-pyrrole nitrogens is 1. The van der Waals surface area contributed by atoms with E-state index in [1.165, 1.54) is 13.1 Å². The van der Waals surface area contributed by atoms with Crippen molar-refractivity contribution in [1.82, 2.24) is 19.3 Å². The summed E-state index contributed by atoms with van der Waals surface area (Å²) < 4.78 is 40.5. The van der Waals surface area contributed by atoms with Gasteiger partial charge in [-0.1, -0.05) is 6.07 Å². The number of aromatic nitrogens is 3. The number of aliphatic imine (C=N–C) groups is 1. The number of sulfonamides is 1. The van der Waals surface area contributed by atoms with Crippen LogP contribution in [0.3, 0.4) is 0 Å². The van der Waals surface area contributed by atoms with Crippen LogP contribution >= 0.6 is 0 Å². The molecule has 3 N–H and O–H groups in total. The third-order valence-corrected chi connectivity index (χ3v) is 6.79. The van der Waals surface area contributed by atoms with E-state index in [1.807, 2.05) is 18.2 Å². The number of nitrogens with two attached hydrogens (primary N) is 1. The van der Waals surface area contributed by atoms with Gasteiger partial charge in [0.15, 0.2) is 0 Å². The second kappa shape index (κ2) is 6.26. The van der Waals surface area contributed by atoms with Gasteiger partial charge < -0.3 is 10.7 Å². The molecular weight excluding hydrogens is 383 g/mol. The van der Waals surface area contributed by atoms with Crippen LogP contribution in [0.1, 0.15) is 24.0 Å². The van der Waals surface area contributed by atoms with E-state index in [2.05, 4.69) is 19.9 Å². The van der Waals surface area contributed by atoms with Crippen molar-refractivity contribution >= 4 is 27.0 Å². The van der Waals surface area contributed by atoms with Gasteiger partial charge >= 0.3 is 0 Å². The summed E-state index contributed by atoms with van der Waals surface area (Å²) in [6.07, 6.45) is 2.16. The minimum Gasteiger partial charge on any atom is -0.369 e. The molecule has 0 bridgehead atoms. The van der Waals surface area contributed by atoms with Crippen LogP contribution in [-0.4, -0.2) is 46.4 Å². The predicted molar refractivity (Wildman–Crippen MR) is 104 cm³/mol. The highest BCUT2D eigenvalue weighted by Gasteiger charge is 2.41. The van der Waals surface area contributed by atoms with Crippen molar-refractivity contribution in [3.05, 3.63) is 59.4 Å². The summed E-state index contributed by atoms with van der Waals surface area (Å²) in [5, 5.41) is 0. The molecular formula is C18H19FN6O2S. The number of hydrogen-bond acceptors (Lipinski definition) is 6. The smallest absolute Gasteiger partial charge is 0.239 e. The zero-order chi connectivity index (χ0) is 20.1. The maximum absolute atomic E-state index is 14.9. The molecule has 1 atom stereocenters. The summed E-state index contributed by atoms with van der Waals surface area (Å²) >= 11 is 0. The van der Waals surface area contributed by atoms with E-state index in [9.17, 15) is 12.8 Å². The SMILES string of the molecule is CN1C(N)=N[C@](C)(c2cc3[nH]c(Cc4ccccn4)nc3cc2F)CS1(=O)=O. The maximum atomic E-state index is 14.9. The second-order valence-electron chi connectivity index (χ2n) is 7.00. The van der Waals surface area contributed by atoms with Gasteiger partial charge in [-0.05, 0) is 25.1 Å². The summed E-state index contributed by atoms with van der Waals surface area (Å²) in [4.78, 5) is 16.1. The highest BCUT2D eigenvalue weighted by Crippen LogP contribution is 2.35. The van der Waals surface area contributed by atoms with Crippen LogP contribution in [0.15, 0.2) is 41.5 Å². The molecule has 3 heterocycles. The Kier molecular flexibility index (Phi) is 4.11. The molecule has 146 valence electrons. The van der Waals surface area contributed by atoms with E-state index in [-0.39, 0.29) is 17.3 Å². The highest BCUT2D eigenvalue weighted by molar-refractivity contribution is 7.89. The van der Waals surface area contributed by atoms with Crippen LogP contribution in [-0.2, 0) is 22.0 Å². The summed E-state index contributed by atoms with van der Waals surface area (Å²) in [6, 6.07) is 8.42. The van der Waals surface area contributed by atoms with Gasteiger partial charge in [-0.3, -0.25) is 4.98 Å². The van der Waals surface area contributed by atoms with E-state index in [0.717, 1.165) is 10.00 Å². The first-order valence-corrected chi connectivity index (χ1v) is 10.2. The highest BCUT2D eigenvalue weighted by atomic mass is 32.2. The number of pyridine rings is 1. The Hall–Kier alpha value is -3.01. The molecule has 0 fully saturated rings. The molecule has 0 saturated heterocycles. The van der Waals surface area contributed by atoms with Crippen LogP contribution in [0, 0.1) is 5.82 Å². The van der Waals surface area contributed by atoms with Crippen molar-refractivity contribution in [2.45, 2.75) is 18.9 Å². The molecule has 0 unspecified atom stereocenters. The molecule has 0 radical (unpaired) electrons. The molecule has 28 heavy (non-hydrogen) atoms. The molecule has 8 nitrogen and oxygen atoms in total. The molecule has 1 aliphatic heterocycles. The van der Waals surface area contributed by atoms with Gasteiger partial charge in [-0.25, -0.2) is 27.1 Å². The van der Waals surface area contributed by atoms with Crippen molar-refractivity contribution in [3.63, 3.8) is 0 Å². The Morgan fingerprint density at radius 1 is 1.36 bits per heavy atom. The Labute approximate surface area is 161 Å². The first-order chi connectivity index (χ1) is 13.2. The average molecular weight is 402 g/mol. The van der Waals surface area contributed by atoms with Crippen molar-refractivity contribution in [2.75, 3.05) is 12.8 Å². The Balaban J connectivity index is 1.77. The first kappa shape index (κ1) is 18.4. The number of imidazole rings is 1. The lowest BCUT2D eigenvalue weighted by Gasteiger charge is -2.34. The van der Waals surface area contributed by atoms with Crippen molar-refractivity contribution in [3.8, 4) is 0 Å². The van der Waals surface area contributed by atoms with E-state index in [4.69, 9.17) is 5.73 Å². The van der Waals surface area contributed by atoms with E-state index >= 15 is 0 Å². The fourth-order valence-electron chi connectivity index (χ4n) is 3.34. The topological polar surface area (TPSA) is 117 Å².